The van der Waals surface area contributed by atoms with E-state index in [1.807, 2.05) is 6.92 Å². The van der Waals surface area contributed by atoms with Crippen molar-refractivity contribution < 1.29 is 13.5 Å². The zero-order valence-corrected chi connectivity index (χ0v) is 12.4. The topological polar surface area (TPSA) is 53.1 Å². The molecule has 114 valence electrons. The predicted octanol–water partition coefficient (Wildman–Crippen LogP) is 3.23. The molecular formula is C14H16ClF2N3O. The number of hydrogen-bond acceptors (Lipinski definition) is 3. The molecule has 2 rings (SSSR count). The fourth-order valence-corrected chi connectivity index (χ4v) is 2.42. The van der Waals surface area contributed by atoms with Crippen molar-refractivity contribution in [2.45, 2.75) is 26.0 Å². The van der Waals surface area contributed by atoms with Gasteiger partial charge in [-0.25, -0.2) is 0 Å². The molecule has 0 bridgehead atoms. The summed E-state index contributed by atoms with van der Waals surface area (Å²) in [6.07, 6.45) is 0.469. The van der Waals surface area contributed by atoms with Crippen LogP contribution in [0.15, 0.2) is 24.3 Å². The Morgan fingerprint density at radius 2 is 2.14 bits per heavy atom. The maximum Gasteiger partial charge on any atom is 0.387 e. The van der Waals surface area contributed by atoms with E-state index in [-0.39, 0.29) is 11.8 Å². The van der Waals surface area contributed by atoms with Crippen molar-refractivity contribution in [2.75, 3.05) is 0 Å². The molecule has 0 spiro atoms. The summed E-state index contributed by atoms with van der Waals surface area (Å²) in [4.78, 5) is 0. The summed E-state index contributed by atoms with van der Waals surface area (Å²) < 4.78 is 30.4. The van der Waals surface area contributed by atoms with E-state index in [2.05, 4.69) is 9.84 Å². The van der Waals surface area contributed by atoms with Crippen molar-refractivity contribution in [2.24, 2.45) is 12.8 Å². The number of aryl methyl sites for hydroxylation is 2. The van der Waals surface area contributed by atoms with E-state index in [1.165, 1.54) is 12.1 Å². The van der Waals surface area contributed by atoms with Crippen molar-refractivity contribution >= 4 is 11.6 Å². The molecule has 4 nitrogen and oxygen atoms in total. The zero-order valence-electron chi connectivity index (χ0n) is 11.7. The molecule has 1 unspecified atom stereocenters. The van der Waals surface area contributed by atoms with Crippen LogP contribution in [-0.4, -0.2) is 16.4 Å². The van der Waals surface area contributed by atoms with Crippen LogP contribution >= 0.6 is 11.6 Å². The van der Waals surface area contributed by atoms with Gasteiger partial charge in [0.1, 0.15) is 10.9 Å². The van der Waals surface area contributed by atoms with Gasteiger partial charge in [-0.15, -0.1) is 0 Å². The van der Waals surface area contributed by atoms with Gasteiger partial charge in [-0.2, -0.15) is 13.9 Å². The van der Waals surface area contributed by atoms with Crippen molar-refractivity contribution in [1.29, 1.82) is 0 Å². The number of benzene rings is 1. The standard InChI is InChI=1S/C14H16ClF2N3O/c1-8-11(13(15)20(2)19-8)7-12(18)9-4-3-5-10(6-9)21-14(16)17/h3-6,12,14H,7,18H2,1-2H3. The van der Waals surface area contributed by atoms with Crippen LogP contribution in [-0.2, 0) is 13.5 Å². The second-order valence-electron chi connectivity index (χ2n) is 4.74. The third kappa shape index (κ3) is 3.71. The Morgan fingerprint density at radius 3 is 2.71 bits per heavy atom. The SMILES string of the molecule is Cc1nn(C)c(Cl)c1CC(N)c1cccc(OC(F)F)c1. The first-order valence-corrected chi connectivity index (χ1v) is 6.74. The van der Waals surface area contributed by atoms with Crippen LogP contribution in [0.5, 0.6) is 5.75 Å². The molecule has 21 heavy (non-hydrogen) atoms. The Bertz CT molecular complexity index is 631. The molecule has 0 aliphatic rings. The van der Waals surface area contributed by atoms with Gasteiger partial charge in [0.05, 0.1) is 5.69 Å². The smallest absolute Gasteiger partial charge is 0.387 e. The molecule has 0 amide bonds. The molecule has 1 aromatic carbocycles. The van der Waals surface area contributed by atoms with Crippen LogP contribution in [0.1, 0.15) is 22.9 Å². The van der Waals surface area contributed by atoms with Gasteiger partial charge in [0.2, 0.25) is 0 Å². The average molecular weight is 316 g/mol. The monoisotopic (exact) mass is 315 g/mol. The Labute approximate surface area is 126 Å². The van der Waals surface area contributed by atoms with E-state index >= 15 is 0 Å². The maximum atomic E-state index is 12.2. The van der Waals surface area contributed by atoms with Crippen molar-refractivity contribution in [3.63, 3.8) is 0 Å². The summed E-state index contributed by atoms with van der Waals surface area (Å²) in [6.45, 7) is -1.00. The predicted molar refractivity (Wildman–Crippen MR) is 76.7 cm³/mol. The molecule has 7 heteroatoms. The number of halogens is 3. The summed E-state index contributed by atoms with van der Waals surface area (Å²) in [5.41, 5.74) is 8.49. The van der Waals surface area contributed by atoms with Crippen molar-refractivity contribution in [3.05, 3.63) is 46.2 Å². The third-order valence-electron chi connectivity index (χ3n) is 3.21. The minimum absolute atomic E-state index is 0.0898. The Balaban J connectivity index is 2.18. The Hall–Kier alpha value is -1.66. The highest BCUT2D eigenvalue weighted by Gasteiger charge is 2.16. The lowest BCUT2D eigenvalue weighted by Gasteiger charge is -2.13. The molecule has 1 heterocycles. The molecule has 0 aliphatic carbocycles. The fraction of sp³-hybridized carbons (Fsp3) is 0.357. The lowest BCUT2D eigenvalue weighted by Crippen LogP contribution is -2.14. The van der Waals surface area contributed by atoms with Crippen LogP contribution in [0.2, 0.25) is 5.15 Å². The maximum absolute atomic E-state index is 12.2. The quantitative estimate of drug-likeness (QED) is 0.921. The lowest BCUT2D eigenvalue weighted by molar-refractivity contribution is -0.0498. The summed E-state index contributed by atoms with van der Waals surface area (Å²) in [5.74, 6) is 0.0898. The van der Waals surface area contributed by atoms with Crippen LogP contribution < -0.4 is 10.5 Å². The van der Waals surface area contributed by atoms with E-state index in [0.717, 1.165) is 11.3 Å². The number of hydrogen-bond donors (Lipinski definition) is 1. The first-order valence-electron chi connectivity index (χ1n) is 6.36. The number of ether oxygens (including phenoxy) is 1. The molecule has 2 N–H and O–H groups in total. The molecule has 2 aromatic rings. The highest BCUT2D eigenvalue weighted by molar-refractivity contribution is 6.30. The lowest BCUT2D eigenvalue weighted by atomic mass is 10.00. The molecule has 0 saturated heterocycles. The minimum Gasteiger partial charge on any atom is -0.435 e. The van der Waals surface area contributed by atoms with Gasteiger partial charge in [0.25, 0.3) is 0 Å². The van der Waals surface area contributed by atoms with Gasteiger partial charge >= 0.3 is 6.61 Å². The van der Waals surface area contributed by atoms with Gasteiger partial charge in [-0.3, -0.25) is 4.68 Å². The number of nitrogens with two attached hydrogens (primary N) is 1. The first kappa shape index (κ1) is 15.7. The molecule has 0 aliphatic heterocycles. The molecule has 0 saturated carbocycles. The normalized spacial score (nSPS) is 12.7. The van der Waals surface area contributed by atoms with E-state index in [1.54, 1.807) is 23.9 Å². The van der Waals surface area contributed by atoms with E-state index < -0.39 is 6.61 Å². The molecule has 1 atom stereocenters. The van der Waals surface area contributed by atoms with Gasteiger partial charge in [0, 0.05) is 18.7 Å². The molecular weight excluding hydrogens is 300 g/mol. The third-order valence-corrected chi connectivity index (χ3v) is 3.68. The fourth-order valence-electron chi connectivity index (χ4n) is 2.16. The first-order chi connectivity index (χ1) is 9.88. The molecule has 1 aromatic heterocycles. The van der Waals surface area contributed by atoms with E-state index in [9.17, 15) is 8.78 Å². The highest BCUT2D eigenvalue weighted by atomic mass is 35.5. The van der Waals surface area contributed by atoms with Crippen LogP contribution in [0.4, 0.5) is 8.78 Å². The van der Waals surface area contributed by atoms with Gasteiger partial charge in [-0.05, 0) is 31.0 Å². The van der Waals surface area contributed by atoms with Crippen molar-refractivity contribution in [3.8, 4) is 5.75 Å². The average Bonchev–Trinajstić information content (AvgIpc) is 2.65. The number of alkyl halides is 2. The van der Waals surface area contributed by atoms with Crippen LogP contribution in [0.3, 0.4) is 0 Å². The second kappa shape index (κ2) is 6.41. The Kier molecular flexibility index (Phi) is 4.80. The Morgan fingerprint density at radius 1 is 1.43 bits per heavy atom. The molecule has 0 radical (unpaired) electrons. The summed E-state index contributed by atoms with van der Waals surface area (Å²) in [5, 5.41) is 4.75. The minimum atomic E-state index is -2.86. The van der Waals surface area contributed by atoms with E-state index in [4.69, 9.17) is 17.3 Å². The summed E-state index contributed by atoms with van der Waals surface area (Å²) in [7, 11) is 1.75. The van der Waals surface area contributed by atoms with E-state index in [0.29, 0.717) is 17.1 Å². The van der Waals surface area contributed by atoms with Gasteiger partial charge < -0.3 is 10.5 Å². The van der Waals surface area contributed by atoms with Gasteiger partial charge in [-0.1, -0.05) is 23.7 Å². The zero-order chi connectivity index (χ0) is 15.6. The number of rotatable bonds is 5. The largest absolute Gasteiger partial charge is 0.435 e. The number of nitrogens with zero attached hydrogens (tertiary/aromatic N) is 2. The van der Waals surface area contributed by atoms with Gasteiger partial charge in [0.15, 0.2) is 0 Å². The van der Waals surface area contributed by atoms with Crippen molar-refractivity contribution in [1.82, 2.24) is 9.78 Å². The summed E-state index contributed by atoms with van der Waals surface area (Å²) in [6, 6.07) is 5.99. The second-order valence-corrected chi connectivity index (χ2v) is 5.10. The molecule has 0 fully saturated rings. The summed E-state index contributed by atoms with van der Waals surface area (Å²) >= 11 is 6.17. The van der Waals surface area contributed by atoms with Crippen LogP contribution in [0.25, 0.3) is 0 Å². The number of aromatic nitrogens is 2. The highest BCUT2D eigenvalue weighted by Crippen LogP contribution is 2.26. The van der Waals surface area contributed by atoms with Crippen LogP contribution in [0, 0.1) is 6.92 Å².